The van der Waals surface area contributed by atoms with Crippen LogP contribution in [0.25, 0.3) is 28.4 Å². The number of hydrogen-bond donors (Lipinski definition) is 2. The number of aromatic nitrogens is 6. The van der Waals surface area contributed by atoms with Crippen molar-refractivity contribution < 1.29 is 0 Å². The van der Waals surface area contributed by atoms with E-state index in [0.29, 0.717) is 11.3 Å². The van der Waals surface area contributed by atoms with Crippen molar-refractivity contribution in [3.63, 3.8) is 0 Å². The van der Waals surface area contributed by atoms with E-state index in [-0.39, 0.29) is 5.56 Å². The van der Waals surface area contributed by atoms with Crippen LogP contribution in [0.15, 0.2) is 41.3 Å². The van der Waals surface area contributed by atoms with Gasteiger partial charge in [-0.1, -0.05) is 6.07 Å². The molecule has 0 amide bonds. The molecule has 0 aromatic carbocycles. The van der Waals surface area contributed by atoms with E-state index in [9.17, 15) is 4.79 Å². The lowest BCUT2D eigenvalue weighted by molar-refractivity contribution is 0.863. The molecule has 0 bridgehead atoms. The lowest BCUT2D eigenvalue weighted by Gasteiger charge is -1.99. The Morgan fingerprint density at radius 2 is 2.08 bits per heavy atom. The zero-order chi connectivity index (χ0) is 16.1. The molecule has 2 N–H and O–H groups in total. The van der Waals surface area contributed by atoms with Crippen LogP contribution in [0.4, 0.5) is 0 Å². The van der Waals surface area contributed by atoms with Gasteiger partial charge in [0.2, 0.25) is 0 Å². The van der Waals surface area contributed by atoms with E-state index in [1.54, 1.807) is 6.20 Å². The van der Waals surface area contributed by atoms with Crippen molar-refractivity contribution in [2.45, 2.75) is 19.3 Å². The number of aryl methyl sites for hydroxylation is 1. The van der Waals surface area contributed by atoms with E-state index in [0.717, 1.165) is 42.0 Å². The van der Waals surface area contributed by atoms with Gasteiger partial charge in [0.15, 0.2) is 5.65 Å². The second-order valence-electron chi connectivity index (χ2n) is 5.94. The van der Waals surface area contributed by atoms with Crippen LogP contribution in [0.3, 0.4) is 0 Å². The van der Waals surface area contributed by atoms with E-state index in [2.05, 4.69) is 25.3 Å². The van der Waals surface area contributed by atoms with Gasteiger partial charge in [-0.3, -0.25) is 20.0 Å². The van der Waals surface area contributed by atoms with Crippen LogP contribution in [0.1, 0.15) is 17.7 Å². The van der Waals surface area contributed by atoms with Crippen LogP contribution in [0.2, 0.25) is 0 Å². The second kappa shape index (κ2) is 4.89. The highest BCUT2D eigenvalue weighted by molar-refractivity contribution is 5.66. The van der Waals surface area contributed by atoms with Crippen molar-refractivity contribution >= 4 is 5.65 Å². The summed E-state index contributed by atoms with van der Waals surface area (Å²) in [6, 6.07) is 9.01. The number of H-pyrrole nitrogens is 2. The molecule has 0 saturated carbocycles. The van der Waals surface area contributed by atoms with Crippen molar-refractivity contribution in [2.75, 3.05) is 0 Å². The van der Waals surface area contributed by atoms with Crippen LogP contribution in [0.5, 0.6) is 0 Å². The molecule has 7 nitrogen and oxygen atoms in total. The molecule has 0 fully saturated rings. The molecule has 0 aliphatic heterocycles. The van der Waals surface area contributed by atoms with Gasteiger partial charge in [-0.25, -0.2) is 9.50 Å². The fourth-order valence-corrected chi connectivity index (χ4v) is 3.30. The molecule has 118 valence electrons. The Balaban J connectivity index is 1.69. The molecule has 0 radical (unpaired) electrons. The number of nitrogens with zero attached hydrogens (tertiary/aromatic N) is 4. The Bertz CT molecular complexity index is 1110. The molecule has 7 heteroatoms. The highest BCUT2D eigenvalue weighted by Crippen LogP contribution is 2.29. The summed E-state index contributed by atoms with van der Waals surface area (Å²) in [6.07, 6.45) is 4.83. The SMILES string of the molecule is O=c1cc(-c2n[nH]c3c2CCC3)nc2cc(-c3ccccn3)[nH]n12. The molecular weight excluding hydrogens is 304 g/mol. The quantitative estimate of drug-likeness (QED) is 0.591. The van der Waals surface area contributed by atoms with Gasteiger partial charge in [0.05, 0.1) is 17.1 Å². The first-order valence-corrected chi connectivity index (χ1v) is 7.90. The standard InChI is InChI=1S/C17H14N6O/c24-16-9-14(17-10-4-3-6-11(10)20-21-17)19-15-8-13(22-23(15)16)12-5-1-2-7-18-12/h1-2,5,7-9,22H,3-4,6H2,(H,20,21). The predicted octanol–water partition coefficient (Wildman–Crippen LogP) is 1.96. The molecule has 1 aliphatic carbocycles. The normalized spacial score (nSPS) is 13.5. The van der Waals surface area contributed by atoms with Crippen LogP contribution >= 0.6 is 0 Å². The summed E-state index contributed by atoms with van der Waals surface area (Å²) in [5.74, 6) is 0. The lowest BCUT2D eigenvalue weighted by Crippen LogP contribution is -2.14. The van der Waals surface area contributed by atoms with E-state index in [4.69, 9.17) is 0 Å². The number of rotatable bonds is 2. The minimum absolute atomic E-state index is 0.160. The molecule has 4 heterocycles. The Kier molecular flexibility index (Phi) is 2.70. The van der Waals surface area contributed by atoms with Gasteiger partial charge in [-0.2, -0.15) is 5.10 Å². The van der Waals surface area contributed by atoms with E-state index >= 15 is 0 Å². The minimum atomic E-state index is -0.160. The molecule has 0 unspecified atom stereocenters. The molecule has 0 saturated heterocycles. The van der Waals surface area contributed by atoms with Crippen molar-refractivity contribution in [3.8, 4) is 22.8 Å². The number of hydrogen-bond acceptors (Lipinski definition) is 4. The van der Waals surface area contributed by atoms with E-state index in [1.165, 1.54) is 16.1 Å². The Hall–Kier alpha value is -3.22. The lowest BCUT2D eigenvalue weighted by atomic mass is 10.1. The maximum Gasteiger partial charge on any atom is 0.273 e. The maximum absolute atomic E-state index is 12.5. The summed E-state index contributed by atoms with van der Waals surface area (Å²) in [4.78, 5) is 21.4. The highest BCUT2D eigenvalue weighted by Gasteiger charge is 2.21. The summed E-state index contributed by atoms with van der Waals surface area (Å²) >= 11 is 0. The Morgan fingerprint density at radius 1 is 1.12 bits per heavy atom. The zero-order valence-electron chi connectivity index (χ0n) is 12.8. The monoisotopic (exact) mass is 318 g/mol. The minimum Gasteiger partial charge on any atom is -0.287 e. The third kappa shape index (κ3) is 1.91. The molecule has 0 spiro atoms. The molecule has 4 aromatic rings. The smallest absolute Gasteiger partial charge is 0.273 e. The van der Waals surface area contributed by atoms with Crippen LogP contribution in [-0.2, 0) is 12.8 Å². The summed E-state index contributed by atoms with van der Waals surface area (Å²) in [5.41, 5.74) is 5.68. The van der Waals surface area contributed by atoms with Gasteiger partial charge in [0.1, 0.15) is 5.69 Å². The van der Waals surface area contributed by atoms with Gasteiger partial charge >= 0.3 is 0 Å². The van der Waals surface area contributed by atoms with Crippen molar-refractivity contribution in [1.29, 1.82) is 0 Å². The fraction of sp³-hybridized carbons (Fsp3) is 0.176. The molecule has 5 rings (SSSR count). The van der Waals surface area contributed by atoms with Gasteiger partial charge in [-0.05, 0) is 31.4 Å². The van der Waals surface area contributed by atoms with Crippen LogP contribution in [0, 0.1) is 0 Å². The van der Waals surface area contributed by atoms with Gasteiger partial charge in [0.25, 0.3) is 5.56 Å². The van der Waals surface area contributed by atoms with E-state index < -0.39 is 0 Å². The summed E-state index contributed by atoms with van der Waals surface area (Å²) in [5, 5.41) is 10.5. The molecule has 1 aliphatic rings. The number of pyridine rings is 1. The highest BCUT2D eigenvalue weighted by atomic mass is 16.1. The summed E-state index contributed by atoms with van der Waals surface area (Å²) in [6.45, 7) is 0. The number of fused-ring (bicyclic) bond motifs is 2. The average Bonchev–Trinajstić information content (AvgIpc) is 3.30. The topological polar surface area (TPSA) is 91.7 Å². The summed E-state index contributed by atoms with van der Waals surface area (Å²) in [7, 11) is 0. The van der Waals surface area contributed by atoms with Crippen molar-refractivity contribution in [2.24, 2.45) is 0 Å². The maximum atomic E-state index is 12.5. The Labute approximate surface area is 136 Å². The third-order valence-corrected chi connectivity index (χ3v) is 4.44. The number of aromatic amines is 2. The average molecular weight is 318 g/mol. The van der Waals surface area contributed by atoms with Crippen LogP contribution < -0.4 is 5.56 Å². The van der Waals surface area contributed by atoms with Crippen molar-refractivity contribution in [3.05, 3.63) is 58.1 Å². The first-order valence-electron chi connectivity index (χ1n) is 7.90. The van der Waals surface area contributed by atoms with Gasteiger partial charge in [0, 0.05) is 29.6 Å². The third-order valence-electron chi connectivity index (χ3n) is 4.44. The Morgan fingerprint density at radius 3 is 2.96 bits per heavy atom. The molecule has 4 aromatic heterocycles. The molecule has 24 heavy (non-hydrogen) atoms. The second-order valence-corrected chi connectivity index (χ2v) is 5.94. The molecular formula is C17H14N6O. The van der Waals surface area contributed by atoms with E-state index in [1.807, 2.05) is 24.3 Å². The van der Waals surface area contributed by atoms with Gasteiger partial charge < -0.3 is 0 Å². The predicted molar refractivity (Wildman–Crippen MR) is 88.7 cm³/mol. The first-order chi connectivity index (χ1) is 11.8. The number of nitrogens with one attached hydrogen (secondary N) is 2. The molecule has 0 atom stereocenters. The fourth-order valence-electron chi connectivity index (χ4n) is 3.30. The van der Waals surface area contributed by atoms with Crippen molar-refractivity contribution in [1.82, 2.24) is 29.8 Å². The van der Waals surface area contributed by atoms with Gasteiger partial charge in [-0.15, -0.1) is 0 Å². The first kappa shape index (κ1) is 13.2. The van der Waals surface area contributed by atoms with Crippen LogP contribution in [-0.4, -0.2) is 29.8 Å². The zero-order valence-corrected chi connectivity index (χ0v) is 12.8. The summed E-state index contributed by atoms with van der Waals surface area (Å²) < 4.78 is 1.43. The largest absolute Gasteiger partial charge is 0.287 e.